The number of hydrogen-bond acceptors (Lipinski definition) is 3. The maximum Gasteiger partial charge on any atom is 0.174 e. The smallest absolute Gasteiger partial charge is 0.174 e. The second-order valence-electron chi connectivity index (χ2n) is 3.86. The molecular weight excluding hydrogens is 249 g/mol. The molecule has 0 aliphatic rings. The molecule has 2 nitrogen and oxygen atoms in total. The maximum absolute atomic E-state index is 13.0. The molecule has 2 rings (SSSR count). The molecule has 92 valence electrons. The molecule has 4 heteroatoms. The fraction of sp³-hybridized carbons (Fsp3) is 0.143. The number of pyridine rings is 1. The van der Waals surface area contributed by atoms with Crippen LogP contribution < -0.4 is 0 Å². The molecule has 0 spiro atoms. The zero-order valence-corrected chi connectivity index (χ0v) is 10.7. The minimum absolute atomic E-state index is 0.00300. The standard InChI is InChI=1S/C14H12FNOS/c1-10-5-6-11(8-16-10)14(17)9-18-13-4-2-3-12(15)7-13/h2-8H,9H2,1H3. The van der Waals surface area contributed by atoms with Crippen LogP contribution in [0.5, 0.6) is 0 Å². The van der Waals surface area contributed by atoms with Crippen LogP contribution in [0.3, 0.4) is 0 Å². The summed E-state index contributed by atoms with van der Waals surface area (Å²) in [5, 5.41) is 0. The molecule has 0 aliphatic heterocycles. The lowest BCUT2D eigenvalue weighted by atomic mass is 10.2. The molecular formula is C14H12FNOS. The second kappa shape index (κ2) is 5.78. The lowest BCUT2D eigenvalue weighted by molar-refractivity contribution is 0.102. The van der Waals surface area contributed by atoms with Gasteiger partial charge in [-0.1, -0.05) is 6.07 Å². The summed E-state index contributed by atoms with van der Waals surface area (Å²) in [6.07, 6.45) is 1.57. The van der Waals surface area contributed by atoms with Crippen LogP contribution >= 0.6 is 11.8 Å². The molecule has 0 saturated heterocycles. The van der Waals surface area contributed by atoms with Gasteiger partial charge in [-0.25, -0.2) is 4.39 Å². The molecule has 0 fully saturated rings. The SMILES string of the molecule is Cc1ccc(C(=O)CSc2cccc(F)c2)cn1. The zero-order valence-electron chi connectivity index (χ0n) is 9.89. The first-order valence-corrected chi connectivity index (χ1v) is 6.48. The molecule has 0 bridgehead atoms. The van der Waals surface area contributed by atoms with Crippen molar-refractivity contribution in [1.82, 2.24) is 4.98 Å². The number of thioether (sulfide) groups is 1. The number of carbonyl (C=O) groups excluding carboxylic acids is 1. The van der Waals surface area contributed by atoms with Crippen molar-refractivity contribution in [3.8, 4) is 0 Å². The van der Waals surface area contributed by atoms with Crippen molar-refractivity contribution < 1.29 is 9.18 Å². The van der Waals surface area contributed by atoms with Crippen LogP contribution in [-0.2, 0) is 0 Å². The van der Waals surface area contributed by atoms with Gasteiger partial charge in [-0.2, -0.15) is 0 Å². The highest BCUT2D eigenvalue weighted by atomic mass is 32.2. The van der Waals surface area contributed by atoms with E-state index in [1.165, 1.54) is 23.9 Å². The molecule has 0 aliphatic carbocycles. The monoisotopic (exact) mass is 261 g/mol. The number of Topliss-reactive ketones (excluding diaryl/α,β-unsaturated/α-hetero) is 1. The van der Waals surface area contributed by atoms with Crippen LogP contribution in [0.15, 0.2) is 47.5 Å². The Morgan fingerprint density at radius 2 is 2.17 bits per heavy atom. The molecule has 0 saturated carbocycles. The highest BCUT2D eigenvalue weighted by Gasteiger charge is 2.07. The van der Waals surface area contributed by atoms with Gasteiger partial charge in [-0.05, 0) is 37.3 Å². The number of rotatable bonds is 4. The van der Waals surface area contributed by atoms with Crippen molar-refractivity contribution in [3.05, 3.63) is 59.7 Å². The Bertz CT molecular complexity index is 554. The molecule has 0 atom stereocenters. The third-order valence-electron chi connectivity index (χ3n) is 2.40. The molecule has 0 N–H and O–H groups in total. The van der Waals surface area contributed by atoms with E-state index in [0.29, 0.717) is 5.56 Å². The van der Waals surface area contributed by atoms with Gasteiger partial charge in [0, 0.05) is 22.3 Å². The number of hydrogen-bond donors (Lipinski definition) is 0. The van der Waals surface area contributed by atoms with Gasteiger partial charge in [0.25, 0.3) is 0 Å². The van der Waals surface area contributed by atoms with Crippen molar-refractivity contribution in [1.29, 1.82) is 0 Å². The van der Waals surface area contributed by atoms with Crippen LogP contribution in [-0.4, -0.2) is 16.5 Å². The van der Waals surface area contributed by atoms with E-state index in [-0.39, 0.29) is 17.4 Å². The summed E-state index contributed by atoms with van der Waals surface area (Å²) < 4.78 is 13.0. The second-order valence-corrected chi connectivity index (χ2v) is 4.91. The number of aryl methyl sites for hydroxylation is 1. The molecule has 1 heterocycles. The van der Waals surface area contributed by atoms with Crippen molar-refractivity contribution in [2.75, 3.05) is 5.75 Å². The van der Waals surface area contributed by atoms with E-state index < -0.39 is 0 Å². The van der Waals surface area contributed by atoms with Gasteiger partial charge < -0.3 is 0 Å². The van der Waals surface area contributed by atoms with Gasteiger partial charge in [-0.3, -0.25) is 9.78 Å². The Labute approximate surface area is 109 Å². The number of ketones is 1. The van der Waals surface area contributed by atoms with E-state index in [0.717, 1.165) is 10.6 Å². The summed E-state index contributed by atoms with van der Waals surface area (Å²) in [5.74, 6) is -0.00464. The topological polar surface area (TPSA) is 30.0 Å². The minimum atomic E-state index is -0.288. The fourth-order valence-corrected chi connectivity index (χ4v) is 2.26. The van der Waals surface area contributed by atoms with Crippen molar-refractivity contribution in [3.63, 3.8) is 0 Å². The lowest BCUT2D eigenvalue weighted by Crippen LogP contribution is -2.03. The van der Waals surface area contributed by atoms with Gasteiger partial charge in [-0.15, -0.1) is 11.8 Å². The lowest BCUT2D eigenvalue weighted by Gasteiger charge is -2.02. The zero-order chi connectivity index (χ0) is 13.0. The van der Waals surface area contributed by atoms with Crippen LogP contribution in [0.1, 0.15) is 16.1 Å². The number of carbonyl (C=O) groups is 1. The summed E-state index contributed by atoms with van der Waals surface area (Å²) in [5.41, 5.74) is 1.47. The molecule has 0 amide bonds. The molecule has 0 unspecified atom stereocenters. The van der Waals surface area contributed by atoms with Gasteiger partial charge in [0.05, 0.1) is 5.75 Å². The predicted molar refractivity (Wildman–Crippen MR) is 70.4 cm³/mol. The molecule has 18 heavy (non-hydrogen) atoms. The van der Waals surface area contributed by atoms with Gasteiger partial charge >= 0.3 is 0 Å². The van der Waals surface area contributed by atoms with E-state index in [1.54, 1.807) is 30.5 Å². The van der Waals surface area contributed by atoms with Crippen molar-refractivity contribution in [2.24, 2.45) is 0 Å². The summed E-state index contributed by atoms with van der Waals surface area (Å²) >= 11 is 1.32. The largest absolute Gasteiger partial charge is 0.293 e. The van der Waals surface area contributed by atoms with E-state index in [9.17, 15) is 9.18 Å². The molecule has 0 radical (unpaired) electrons. The third kappa shape index (κ3) is 3.40. The van der Waals surface area contributed by atoms with Crippen LogP contribution in [0, 0.1) is 12.7 Å². The normalized spacial score (nSPS) is 10.3. The average Bonchev–Trinajstić information content (AvgIpc) is 2.37. The first-order valence-electron chi connectivity index (χ1n) is 5.49. The van der Waals surface area contributed by atoms with Crippen LogP contribution in [0.2, 0.25) is 0 Å². The first-order chi connectivity index (χ1) is 8.65. The predicted octanol–water partition coefficient (Wildman–Crippen LogP) is 3.50. The number of nitrogens with zero attached hydrogens (tertiary/aromatic N) is 1. The van der Waals surface area contributed by atoms with E-state index >= 15 is 0 Å². The molecule has 1 aromatic carbocycles. The van der Waals surface area contributed by atoms with Crippen molar-refractivity contribution in [2.45, 2.75) is 11.8 Å². The maximum atomic E-state index is 13.0. The fourth-order valence-electron chi connectivity index (χ4n) is 1.42. The summed E-state index contributed by atoms with van der Waals surface area (Å²) in [7, 11) is 0. The third-order valence-corrected chi connectivity index (χ3v) is 3.39. The minimum Gasteiger partial charge on any atom is -0.293 e. The first kappa shape index (κ1) is 12.8. The number of aromatic nitrogens is 1. The van der Waals surface area contributed by atoms with E-state index in [4.69, 9.17) is 0 Å². The Hall–Kier alpha value is -1.68. The summed E-state index contributed by atoms with van der Waals surface area (Å²) in [6, 6.07) is 9.79. The van der Waals surface area contributed by atoms with Crippen LogP contribution in [0.25, 0.3) is 0 Å². The highest BCUT2D eigenvalue weighted by molar-refractivity contribution is 8.00. The Balaban J connectivity index is 1.98. The van der Waals surface area contributed by atoms with Gasteiger partial charge in [0.1, 0.15) is 5.82 Å². The summed E-state index contributed by atoms with van der Waals surface area (Å²) in [6.45, 7) is 1.87. The van der Waals surface area contributed by atoms with E-state index in [2.05, 4.69) is 4.98 Å². The molecule has 2 aromatic rings. The Morgan fingerprint density at radius 3 is 2.83 bits per heavy atom. The molecule has 1 aromatic heterocycles. The van der Waals surface area contributed by atoms with E-state index in [1.807, 2.05) is 6.92 Å². The van der Waals surface area contributed by atoms with Crippen LogP contribution in [0.4, 0.5) is 4.39 Å². The van der Waals surface area contributed by atoms with Crippen molar-refractivity contribution >= 4 is 17.5 Å². The number of halogens is 1. The Kier molecular flexibility index (Phi) is 4.10. The Morgan fingerprint density at radius 1 is 1.33 bits per heavy atom. The van der Waals surface area contributed by atoms with Gasteiger partial charge in [0.15, 0.2) is 5.78 Å². The number of benzene rings is 1. The average molecular weight is 261 g/mol. The summed E-state index contributed by atoms with van der Waals surface area (Å²) in [4.78, 5) is 16.7. The quantitative estimate of drug-likeness (QED) is 0.623. The van der Waals surface area contributed by atoms with Gasteiger partial charge in [0.2, 0.25) is 0 Å². The highest BCUT2D eigenvalue weighted by Crippen LogP contribution is 2.19.